The zero-order valence-corrected chi connectivity index (χ0v) is 16.7. The number of hydrogen-bond acceptors (Lipinski definition) is 4. The fourth-order valence-electron chi connectivity index (χ4n) is 2.99. The first-order valence-corrected chi connectivity index (χ1v) is 9.42. The monoisotopic (exact) mass is 391 g/mol. The van der Waals surface area contributed by atoms with Crippen molar-refractivity contribution in [3.05, 3.63) is 89.5 Å². The molecule has 0 bridgehead atoms. The lowest BCUT2D eigenvalue weighted by Crippen LogP contribution is -2.28. The van der Waals surface area contributed by atoms with E-state index in [1.54, 1.807) is 14.2 Å². The molecule has 0 atom stereocenters. The Labute approximate surface area is 171 Å². The third-order valence-corrected chi connectivity index (χ3v) is 4.51. The second kappa shape index (κ2) is 10.2. The normalized spacial score (nSPS) is 10.3. The minimum absolute atomic E-state index is 0.0426. The summed E-state index contributed by atoms with van der Waals surface area (Å²) in [5, 5.41) is 2.87. The van der Waals surface area contributed by atoms with Gasteiger partial charge in [-0.3, -0.25) is 4.79 Å². The summed E-state index contributed by atoms with van der Waals surface area (Å²) in [6, 6.07) is 23.5. The van der Waals surface area contributed by atoms with E-state index < -0.39 is 0 Å². The van der Waals surface area contributed by atoms with Crippen LogP contribution >= 0.6 is 0 Å². The van der Waals surface area contributed by atoms with Gasteiger partial charge in [-0.05, 0) is 34.9 Å². The van der Waals surface area contributed by atoms with Crippen LogP contribution in [0.2, 0.25) is 0 Å². The van der Waals surface area contributed by atoms with Crippen molar-refractivity contribution in [3.8, 4) is 17.2 Å². The molecule has 0 aliphatic rings. The molecule has 0 fully saturated rings. The van der Waals surface area contributed by atoms with E-state index in [0.29, 0.717) is 18.0 Å². The summed E-state index contributed by atoms with van der Waals surface area (Å²) in [6.45, 7) is 0.341. The van der Waals surface area contributed by atoms with Gasteiger partial charge in [0.1, 0.15) is 5.75 Å². The highest BCUT2D eigenvalue weighted by atomic mass is 16.5. The number of methoxy groups -OCH3 is 2. The molecule has 3 aromatic carbocycles. The lowest BCUT2D eigenvalue weighted by Gasteiger charge is -2.13. The van der Waals surface area contributed by atoms with E-state index in [9.17, 15) is 4.79 Å². The second-order valence-corrected chi connectivity index (χ2v) is 6.52. The van der Waals surface area contributed by atoms with Gasteiger partial charge in [0, 0.05) is 13.0 Å². The van der Waals surface area contributed by atoms with Gasteiger partial charge in [0.15, 0.2) is 18.1 Å². The first-order valence-electron chi connectivity index (χ1n) is 9.42. The van der Waals surface area contributed by atoms with Gasteiger partial charge in [-0.2, -0.15) is 0 Å². The number of ether oxygens (including phenoxy) is 3. The molecule has 0 heterocycles. The first kappa shape index (κ1) is 20.3. The van der Waals surface area contributed by atoms with Gasteiger partial charge < -0.3 is 19.5 Å². The fraction of sp³-hybridized carbons (Fsp3) is 0.208. The van der Waals surface area contributed by atoms with Crippen LogP contribution < -0.4 is 19.5 Å². The SMILES string of the molecule is COc1ccc(CNC(=O)COc2ccccc2Cc2ccccc2)cc1OC. The third-order valence-electron chi connectivity index (χ3n) is 4.51. The number of hydrogen-bond donors (Lipinski definition) is 1. The summed E-state index contributed by atoms with van der Waals surface area (Å²) in [7, 11) is 3.17. The molecule has 0 aliphatic carbocycles. The second-order valence-electron chi connectivity index (χ2n) is 6.52. The summed E-state index contributed by atoms with van der Waals surface area (Å²) in [5.74, 6) is 1.82. The summed E-state index contributed by atoms with van der Waals surface area (Å²) < 4.78 is 16.3. The van der Waals surface area contributed by atoms with Crippen LogP contribution in [0.25, 0.3) is 0 Å². The average molecular weight is 391 g/mol. The van der Waals surface area contributed by atoms with Crippen molar-refractivity contribution in [1.82, 2.24) is 5.32 Å². The lowest BCUT2D eigenvalue weighted by atomic mass is 10.0. The Bertz CT molecular complexity index is 941. The molecular weight excluding hydrogens is 366 g/mol. The largest absolute Gasteiger partial charge is 0.493 e. The molecule has 1 N–H and O–H groups in total. The molecule has 1 amide bonds. The smallest absolute Gasteiger partial charge is 0.258 e. The van der Waals surface area contributed by atoms with E-state index in [2.05, 4.69) is 17.4 Å². The number of carbonyl (C=O) groups excluding carboxylic acids is 1. The Hall–Kier alpha value is -3.47. The van der Waals surface area contributed by atoms with Gasteiger partial charge in [-0.1, -0.05) is 54.6 Å². The minimum atomic E-state index is -0.186. The van der Waals surface area contributed by atoms with Gasteiger partial charge in [0.25, 0.3) is 5.91 Å². The van der Waals surface area contributed by atoms with Crippen molar-refractivity contribution in [1.29, 1.82) is 0 Å². The summed E-state index contributed by atoms with van der Waals surface area (Å²) in [4.78, 5) is 12.2. The molecular formula is C24H25NO4. The Morgan fingerprint density at radius 3 is 2.28 bits per heavy atom. The molecule has 29 heavy (non-hydrogen) atoms. The molecule has 0 saturated carbocycles. The van der Waals surface area contributed by atoms with Crippen LogP contribution in [0.15, 0.2) is 72.8 Å². The van der Waals surface area contributed by atoms with E-state index in [1.165, 1.54) is 5.56 Å². The van der Waals surface area contributed by atoms with Crippen LogP contribution in [0.4, 0.5) is 0 Å². The standard InChI is InChI=1S/C24H25NO4/c1-27-22-13-12-19(15-23(22)28-2)16-25-24(26)17-29-21-11-7-6-10-20(21)14-18-8-4-3-5-9-18/h3-13,15H,14,16-17H2,1-2H3,(H,25,26). The van der Waals surface area contributed by atoms with Crippen LogP contribution in [0, 0.1) is 0 Å². The van der Waals surface area contributed by atoms with Gasteiger partial charge in [0.05, 0.1) is 14.2 Å². The van der Waals surface area contributed by atoms with Gasteiger partial charge in [-0.15, -0.1) is 0 Å². The van der Waals surface area contributed by atoms with Crippen molar-refractivity contribution < 1.29 is 19.0 Å². The van der Waals surface area contributed by atoms with E-state index in [4.69, 9.17) is 14.2 Å². The number of rotatable bonds is 9. The number of amides is 1. The Kier molecular flexibility index (Phi) is 7.11. The molecule has 5 nitrogen and oxygen atoms in total. The maximum atomic E-state index is 12.2. The van der Waals surface area contributed by atoms with Crippen molar-refractivity contribution in [2.75, 3.05) is 20.8 Å². The third kappa shape index (κ3) is 5.75. The van der Waals surface area contributed by atoms with Crippen LogP contribution in [0.3, 0.4) is 0 Å². The predicted octanol–water partition coefficient (Wildman–Crippen LogP) is 3.99. The van der Waals surface area contributed by atoms with Gasteiger partial charge in [-0.25, -0.2) is 0 Å². The van der Waals surface area contributed by atoms with Crippen LogP contribution in [0.5, 0.6) is 17.2 Å². The minimum Gasteiger partial charge on any atom is -0.493 e. The van der Waals surface area contributed by atoms with Gasteiger partial charge >= 0.3 is 0 Å². The molecule has 0 aromatic heterocycles. The average Bonchev–Trinajstić information content (AvgIpc) is 2.77. The number of para-hydroxylation sites is 1. The van der Waals surface area contributed by atoms with E-state index >= 15 is 0 Å². The van der Waals surface area contributed by atoms with Crippen molar-refractivity contribution >= 4 is 5.91 Å². The van der Waals surface area contributed by atoms with Gasteiger partial charge in [0.2, 0.25) is 0 Å². The summed E-state index contributed by atoms with van der Waals surface area (Å²) in [6.07, 6.45) is 0.754. The first-order chi connectivity index (χ1) is 14.2. The van der Waals surface area contributed by atoms with Crippen molar-refractivity contribution in [2.24, 2.45) is 0 Å². The molecule has 0 radical (unpaired) electrons. The molecule has 0 unspecified atom stereocenters. The summed E-state index contributed by atoms with van der Waals surface area (Å²) in [5.41, 5.74) is 3.16. The van der Waals surface area contributed by atoms with Crippen LogP contribution in [-0.4, -0.2) is 26.7 Å². The molecule has 5 heteroatoms. The maximum Gasteiger partial charge on any atom is 0.258 e. The quantitative estimate of drug-likeness (QED) is 0.599. The maximum absolute atomic E-state index is 12.2. The molecule has 0 saturated heterocycles. The molecule has 150 valence electrons. The number of nitrogens with one attached hydrogen (secondary N) is 1. The van der Waals surface area contributed by atoms with Crippen molar-refractivity contribution in [3.63, 3.8) is 0 Å². The number of benzene rings is 3. The lowest BCUT2D eigenvalue weighted by molar-refractivity contribution is -0.123. The predicted molar refractivity (Wildman–Crippen MR) is 113 cm³/mol. The zero-order chi connectivity index (χ0) is 20.5. The van der Waals surface area contributed by atoms with E-state index in [-0.39, 0.29) is 12.5 Å². The van der Waals surface area contributed by atoms with Crippen molar-refractivity contribution in [2.45, 2.75) is 13.0 Å². The Morgan fingerprint density at radius 2 is 1.52 bits per heavy atom. The highest BCUT2D eigenvalue weighted by molar-refractivity contribution is 5.77. The summed E-state index contributed by atoms with van der Waals surface area (Å²) >= 11 is 0. The molecule has 3 aromatic rings. The number of carbonyl (C=O) groups is 1. The highest BCUT2D eigenvalue weighted by Crippen LogP contribution is 2.27. The highest BCUT2D eigenvalue weighted by Gasteiger charge is 2.09. The Balaban J connectivity index is 1.55. The van der Waals surface area contributed by atoms with Crippen LogP contribution in [0.1, 0.15) is 16.7 Å². The fourth-order valence-corrected chi connectivity index (χ4v) is 2.99. The molecule has 0 spiro atoms. The Morgan fingerprint density at radius 1 is 0.793 bits per heavy atom. The van der Waals surface area contributed by atoms with Crippen LogP contribution in [-0.2, 0) is 17.8 Å². The molecule has 3 rings (SSSR count). The molecule has 0 aliphatic heterocycles. The topological polar surface area (TPSA) is 56.8 Å². The van der Waals surface area contributed by atoms with E-state index in [1.807, 2.05) is 60.7 Å². The van der Waals surface area contributed by atoms with E-state index in [0.717, 1.165) is 23.3 Å². The zero-order valence-electron chi connectivity index (χ0n) is 16.7.